The van der Waals surface area contributed by atoms with Crippen LogP contribution in [0.25, 0.3) is 0 Å². The van der Waals surface area contributed by atoms with Crippen LogP contribution in [0.3, 0.4) is 0 Å². The fraction of sp³-hybridized carbons (Fsp3) is 0.533. The van der Waals surface area contributed by atoms with E-state index < -0.39 is 0 Å². The van der Waals surface area contributed by atoms with E-state index in [1.807, 2.05) is 18.2 Å². The van der Waals surface area contributed by atoms with Gasteiger partial charge in [0.2, 0.25) is 6.79 Å². The molecule has 1 fully saturated rings. The Hall–Kier alpha value is -1.49. The number of anilines is 1. The third kappa shape index (κ3) is 2.98. The first-order valence-electron chi connectivity index (χ1n) is 7.19. The Balaban J connectivity index is 1.58. The van der Waals surface area contributed by atoms with Crippen molar-refractivity contribution >= 4 is 23.0 Å². The van der Waals surface area contributed by atoms with Crippen molar-refractivity contribution in [3.8, 4) is 11.5 Å². The summed E-state index contributed by atoms with van der Waals surface area (Å²) in [4.78, 5) is 0. The molecule has 0 spiro atoms. The van der Waals surface area contributed by atoms with Crippen molar-refractivity contribution in [2.45, 2.75) is 38.6 Å². The van der Waals surface area contributed by atoms with Crippen LogP contribution < -0.4 is 20.1 Å². The lowest BCUT2D eigenvalue weighted by molar-refractivity contribution is 0.174. The molecule has 1 aromatic rings. The summed E-state index contributed by atoms with van der Waals surface area (Å²) >= 11 is 5.40. The first-order valence-corrected chi connectivity index (χ1v) is 7.60. The van der Waals surface area contributed by atoms with E-state index in [2.05, 4.69) is 17.6 Å². The van der Waals surface area contributed by atoms with Crippen LogP contribution >= 0.6 is 12.2 Å². The summed E-state index contributed by atoms with van der Waals surface area (Å²) in [7, 11) is 0. The molecule has 0 unspecified atom stereocenters. The average molecular weight is 292 g/mol. The third-order valence-corrected chi connectivity index (χ3v) is 4.28. The van der Waals surface area contributed by atoms with E-state index >= 15 is 0 Å². The second-order valence-electron chi connectivity index (χ2n) is 5.53. The number of thiocarbonyl (C=S) groups is 1. The minimum atomic E-state index is 0.293. The molecule has 4 nitrogen and oxygen atoms in total. The van der Waals surface area contributed by atoms with Crippen LogP contribution in [0.1, 0.15) is 32.6 Å². The number of benzene rings is 1. The normalized spacial score (nSPS) is 24.2. The number of nitrogens with one attached hydrogen (secondary N) is 2. The molecule has 2 N–H and O–H groups in total. The molecule has 0 aromatic heterocycles. The average Bonchev–Trinajstić information content (AvgIpc) is 2.89. The van der Waals surface area contributed by atoms with Crippen molar-refractivity contribution < 1.29 is 9.47 Å². The van der Waals surface area contributed by atoms with Crippen molar-refractivity contribution in [3.63, 3.8) is 0 Å². The monoisotopic (exact) mass is 292 g/mol. The number of hydrogen-bond donors (Lipinski definition) is 2. The highest BCUT2D eigenvalue weighted by Gasteiger charge is 2.22. The molecule has 5 heteroatoms. The van der Waals surface area contributed by atoms with Gasteiger partial charge >= 0.3 is 0 Å². The Morgan fingerprint density at radius 3 is 2.85 bits per heavy atom. The predicted octanol–water partition coefficient (Wildman–Crippen LogP) is 3.28. The summed E-state index contributed by atoms with van der Waals surface area (Å²) < 4.78 is 10.7. The van der Waals surface area contributed by atoms with Crippen molar-refractivity contribution in [2.75, 3.05) is 12.1 Å². The lowest BCUT2D eigenvalue weighted by Gasteiger charge is -2.30. The fourth-order valence-electron chi connectivity index (χ4n) is 2.84. The third-order valence-electron chi connectivity index (χ3n) is 4.06. The summed E-state index contributed by atoms with van der Waals surface area (Å²) in [6.45, 7) is 2.58. The van der Waals surface area contributed by atoms with Gasteiger partial charge in [-0.05, 0) is 43.1 Å². The first-order chi connectivity index (χ1) is 9.72. The molecule has 1 aliphatic carbocycles. The molecular weight excluding hydrogens is 272 g/mol. The van der Waals surface area contributed by atoms with Gasteiger partial charge in [-0.1, -0.05) is 19.8 Å². The minimum Gasteiger partial charge on any atom is -0.454 e. The highest BCUT2D eigenvalue weighted by atomic mass is 32.1. The van der Waals surface area contributed by atoms with Crippen LogP contribution in [0.4, 0.5) is 5.69 Å². The van der Waals surface area contributed by atoms with Crippen molar-refractivity contribution in [3.05, 3.63) is 18.2 Å². The summed E-state index contributed by atoms with van der Waals surface area (Å²) in [6.07, 6.45) is 5.10. The zero-order chi connectivity index (χ0) is 13.9. The minimum absolute atomic E-state index is 0.293. The smallest absolute Gasteiger partial charge is 0.231 e. The number of fused-ring (bicyclic) bond motifs is 1. The highest BCUT2D eigenvalue weighted by molar-refractivity contribution is 7.80. The van der Waals surface area contributed by atoms with E-state index in [1.54, 1.807) is 0 Å². The Bertz CT molecular complexity index is 507. The molecule has 1 saturated carbocycles. The maximum absolute atomic E-state index is 5.40. The summed E-state index contributed by atoms with van der Waals surface area (Å²) in [6, 6.07) is 6.25. The summed E-state index contributed by atoms with van der Waals surface area (Å²) in [5, 5.41) is 7.34. The molecule has 0 radical (unpaired) electrons. The van der Waals surface area contributed by atoms with Gasteiger partial charge in [-0.15, -0.1) is 0 Å². The molecule has 108 valence electrons. The van der Waals surface area contributed by atoms with Gasteiger partial charge in [0, 0.05) is 17.8 Å². The van der Waals surface area contributed by atoms with Gasteiger partial charge in [0.05, 0.1) is 0 Å². The molecule has 0 bridgehead atoms. The Morgan fingerprint density at radius 1 is 1.20 bits per heavy atom. The zero-order valence-electron chi connectivity index (χ0n) is 11.6. The quantitative estimate of drug-likeness (QED) is 0.819. The van der Waals surface area contributed by atoms with E-state index in [-0.39, 0.29) is 0 Å². The Labute approximate surface area is 124 Å². The molecule has 1 aromatic carbocycles. The SMILES string of the molecule is C[C@H]1CCCC[C@H]1NC(=S)Nc1ccc2c(c1)OCO2. The molecule has 3 rings (SSSR count). The Morgan fingerprint density at radius 2 is 2.00 bits per heavy atom. The first kappa shape index (κ1) is 13.5. The summed E-state index contributed by atoms with van der Waals surface area (Å²) in [5.41, 5.74) is 0.926. The number of ether oxygens (including phenoxy) is 2. The lowest BCUT2D eigenvalue weighted by atomic mass is 9.86. The largest absolute Gasteiger partial charge is 0.454 e. The van der Waals surface area contributed by atoms with E-state index in [0.717, 1.165) is 17.2 Å². The zero-order valence-corrected chi connectivity index (χ0v) is 12.5. The van der Waals surface area contributed by atoms with Crippen LogP contribution in [0.5, 0.6) is 11.5 Å². The maximum Gasteiger partial charge on any atom is 0.231 e. The predicted molar refractivity (Wildman–Crippen MR) is 83.3 cm³/mol. The molecule has 20 heavy (non-hydrogen) atoms. The van der Waals surface area contributed by atoms with Crippen molar-refractivity contribution in [1.29, 1.82) is 0 Å². The second-order valence-corrected chi connectivity index (χ2v) is 5.94. The van der Waals surface area contributed by atoms with E-state index in [0.29, 0.717) is 23.9 Å². The van der Waals surface area contributed by atoms with Gasteiger partial charge in [-0.25, -0.2) is 0 Å². The van der Waals surface area contributed by atoms with Crippen molar-refractivity contribution in [2.24, 2.45) is 5.92 Å². The van der Waals surface area contributed by atoms with Crippen LogP contribution in [0.15, 0.2) is 18.2 Å². The van der Waals surface area contributed by atoms with Crippen LogP contribution in [-0.4, -0.2) is 17.9 Å². The van der Waals surface area contributed by atoms with Gasteiger partial charge in [0.25, 0.3) is 0 Å². The molecule has 1 aliphatic heterocycles. The van der Waals surface area contributed by atoms with Gasteiger partial charge in [0.1, 0.15) is 0 Å². The molecule has 1 heterocycles. The molecule has 0 saturated heterocycles. The maximum atomic E-state index is 5.40. The number of rotatable bonds is 2. The molecule has 2 atom stereocenters. The molecule has 2 aliphatic rings. The van der Waals surface area contributed by atoms with E-state index in [1.165, 1.54) is 25.7 Å². The standard InChI is InChI=1S/C15H20N2O2S/c1-10-4-2-3-5-12(10)17-15(20)16-11-6-7-13-14(8-11)19-9-18-13/h6-8,10,12H,2-5,9H2,1H3,(H2,16,17,20)/t10-,12+/m0/s1. The van der Waals surface area contributed by atoms with Gasteiger partial charge in [0.15, 0.2) is 16.6 Å². The van der Waals surface area contributed by atoms with E-state index in [9.17, 15) is 0 Å². The van der Waals surface area contributed by atoms with Crippen LogP contribution in [-0.2, 0) is 0 Å². The molecule has 0 amide bonds. The Kier molecular flexibility index (Phi) is 3.96. The second kappa shape index (κ2) is 5.87. The van der Waals surface area contributed by atoms with Crippen LogP contribution in [0, 0.1) is 5.92 Å². The molecular formula is C15H20N2O2S. The number of hydrogen-bond acceptors (Lipinski definition) is 3. The fourth-order valence-corrected chi connectivity index (χ4v) is 3.11. The highest BCUT2D eigenvalue weighted by Crippen LogP contribution is 2.34. The van der Waals surface area contributed by atoms with Crippen molar-refractivity contribution in [1.82, 2.24) is 5.32 Å². The van der Waals surface area contributed by atoms with E-state index in [4.69, 9.17) is 21.7 Å². The van der Waals surface area contributed by atoms with Crippen LogP contribution in [0.2, 0.25) is 0 Å². The topological polar surface area (TPSA) is 42.5 Å². The van der Waals surface area contributed by atoms with Gasteiger partial charge in [-0.3, -0.25) is 0 Å². The van der Waals surface area contributed by atoms with Gasteiger partial charge < -0.3 is 20.1 Å². The van der Waals surface area contributed by atoms with Gasteiger partial charge in [-0.2, -0.15) is 0 Å². The lowest BCUT2D eigenvalue weighted by Crippen LogP contribution is -2.43. The summed E-state index contributed by atoms with van der Waals surface area (Å²) in [5.74, 6) is 2.24.